The van der Waals surface area contributed by atoms with Crippen LogP contribution in [-0.2, 0) is 16.8 Å². The number of aromatic nitrogens is 1. The summed E-state index contributed by atoms with van der Waals surface area (Å²) in [6, 6.07) is 17.8. The van der Waals surface area contributed by atoms with Gasteiger partial charge in [-0.15, -0.1) is 0 Å². The molecular formula is C27H28N4O6. The summed E-state index contributed by atoms with van der Waals surface area (Å²) >= 11 is 0. The van der Waals surface area contributed by atoms with Crippen LogP contribution >= 0.6 is 0 Å². The Bertz CT molecular complexity index is 1330. The average molecular weight is 505 g/mol. The summed E-state index contributed by atoms with van der Waals surface area (Å²) < 4.78 is 5.45. The molecule has 1 heterocycles. The van der Waals surface area contributed by atoms with Gasteiger partial charge in [0.25, 0.3) is 12.2 Å². The summed E-state index contributed by atoms with van der Waals surface area (Å²) in [5, 5.41) is 25.9. The molecular weight excluding hydrogens is 476 g/mol. The number of pyridine rings is 1. The van der Waals surface area contributed by atoms with E-state index in [4.69, 9.17) is 4.74 Å². The molecule has 0 aliphatic heterocycles. The van der Waals surface area contributed by atoms with Gasteiger partial charge in [-0.2, -0.15) is 0 Å². The van der Waals surface area contributed by atoms with Crippen molar-refractivity contribution in [3.8, 4) is 22.4 Å². The second-order valence-corrected chi connectivity index (χ2v) is 10.1. The van der Waals surface area contributed by atoms with Gasteiger partial charge in [-0.05, 0) is 51.2 Å². The lowest BCUT2D eigenvalue weighted by atomic mass is 9.71. The highest BCUT2D eigenvalue weighted by atomic mass is 16.6. The third kappa shape index (κ3) is 5.74. The number of ether oxygens (including phenoxy) is 1. The zero-order valence-corrected chi connectivity index (χ0v) is 20.9. The lowest BCUT2D eigenvalue weighted by Gasteiger charge is -2.43. The topological polar surface area (TPSA) is 138 Å². The van der Waals surface area contributed by atoms with Crippen molar-refractivity contribution in [2.45, 2.75) is 57.7 Å². The number of hydrogen-bond acceptors (Lipinski definition) is 7. The van der Waals surface area contributed by atoms with Crippen molar-refractivity contribution in [2.75, 3.05) is 0 Å². The summed E-state index contributed by atoms with van der Waals surface area (Å²) in [4.78, 5) is 38.6. The third-order valence-corrected chi connectivity index (χ3v) is 6.30. The van der Waals surface area contributed by atoms with E-state index in [-0.39, 0.29) is 5.69 Å². The number of hydrogen-bond donors (Lipinski definition) is 1. The van der Waals surface area contributed by atoms with Gasteiger partial charge < -0.3 is 10.1 Å². The van der Waals surface area contributed by atoms with Crippen LogP contribution in [0.2, 0.25) is 0 Å². The summed E-state index contributed by atoms with van der Waals surface area (Å²) in [5.74, 6) is 0. The molecule has 1 fully saturated rings. The van der Waals surface area contributed by atoms with Crippen LogP contribution in [0.5, 0.6) is 0 Å². The maximum Gasteiger partial charge on any atom is 0.408 e. The number of nitro groups is 2. The number of alkyl carbamates (subject to hydrolysis) is 1. The number of rotatable bonds is 7. The molecule has 4 rings (SSSR count). The van der Waals surface area contributed by atoms with E-state index in [2.05, 4.69) is 10.3 Å². The Balaban J connectivity index is 1.75. The summed E-state index contributed by atoms with van der Waals surface area (Å²) in [5.41, 5.74) is 1.39. The molecule has 1 aromatic heterocycles. The number of nitrogens with zero attached hydrogens (tertiary/aromatic N) is 3. The van der Waals surface area contributed by atoms with E-state index in [1.54, 1.807) is 12.1 Å². The van der Waals surface area contributed by atoms with E-state index in [0.29, 0.717) is 22.4 Å². The van der Waals surface area contributed by atoms with Crippen molar-refractivity contribution in [2.24, 2.45) is 0 Å². The summed E-state index contributed by atoms with van der Waals surface area (Å²) in [6.07, 6.45) is 2.01. The molecule has 1 N–H and O–H groups in total. The van der Waals surface area contributed by atoms with Gasteiger partial charge in [0.2, 0.25) is 0 Å². The maximum atomic E-state index is 12.5. The number of nitrogens with one attached hydrogen (secondary N) is 1. The zero-order chi connectivity index (χ0) is 26.8. The first-order valence-electron chi connectivity index (χ1n) is 11.9. The largest absolute Gasteiger partial charge is 0.444 e. The molecule has 10 nitrogen and oxygen atoms in total. The van der Waals surface area contributed by atoms with Crippen LogP contribution in [-0.4, -0.2) is 26.5 Å². The van der Waals surface area contributed by atoms with Gasteiger partial charge in [-0.1, -0.05) is 54.6 Å². The minimum absolute atomic E-state index is 0.212. The quantitative estimate of drug-likeness (QED) is 0.307. The van der Waals surface area contributed by atoms with Gasteiger partial charge in [-0.3, -0.25) is 20.2 Å². The normalized spacial score (nSPS) is 14.4. The summed E-state index contributed by atoms with van der Waals surface area (Å²) in [6.45, 7) is 4.66. The fraction of sp³-hybridized carbons (Fsp3) is 0.333. The lowest BCUT2D eigenvalue weighted by Crippen LogP contribution is -2.52. The van der Waals surface area contributed by atoms with Crippen molar-refractivity contribution >= 4 is 11.8 Å². The molecule has 1 aliphatic rings. The summed E-state index contributed by atoms with van der Waals surface area (Å²) in [7, 11) is 0. The molecule has 0 unspecified atom stereocenters. The second kappa shape index (κ2) is 9.96. The molecule has 0 radical (unpaired) electrons. The Kier molecular flexibility index (Phi) is 6.93. The van der Waals surface area contributed by atoms with Gasteiger partial charge in [-0.25, -0.2) is 9.78 Å². The molecule has 192 valence electrons. The molecule has 1 aliphatic carbocycles. The third-order valence-electron chi connectivity index (χ3n) is 6.30. The Hall–Kier alpha value is -4.34. The molecule has 0 bridgehead atoms. The van der Waals surface area contributed by atoms with Gasteiger partial charge in [0, 0.05) is 22.1 Å². The predicted octanol–water partition coefficient (Wildman–Crippen LogP) is 6.00. The minimum Gasteiger partial charge on any atom is -0.444 e. The molecule has 0 spiro atoms. The highest BCUT2D eigenvalue weighted by Gasteiger charge is 2.41. The number of amides is 1. The molecule has 0 atom stereocenters. The maximum absolute atomic E-state index is 12.5. The van der Waals surface area contributed by atoms with Crippen LogP contribution < -0.4 is 5.32 Å². The van der Waals surface area contributed by atoms with Gasteiger partial charge in [0.1, 0.15) is 5.60 Å². The molecule has 3 aromatic rings. The average Bonchev–Trinajstić information content (AvgIpc) is 2.80. The van der Waals surface area contributed by atoms with Crippen molar-refractivity contribution in [3.63, 3.8) is 0 Å². The van der Waals surface area contributed by atoms with Crippen molar-refractivity contribution in [3.05, 3.63) is 92.1 Å². The minimum atomic E-state index is -0.764. The highest BCUT2D eigenvalue weighted by Crippen LogP contribution is 2.43. The smallest absolute Gasteiger partial charge is 0.408 e. The van der Waals surface area contributed by atoms with Gasteiger partial charge in [0.15, 0.2) is 5.69 Å². The molecule has 1 amide bonds. The van der Waals surface area contributed by atoms with Crippen LogP contribution in [0.4, 0.5) is 10.5 Å². The Morgan fingerprint density at radius 1 is 1.03 bits per heavy atom. The van der Waals surface area contributed by atoms with E-state index >= 15 is 0 Å². The first kappa shape index (κ1) is 25.7. The molecule has 0 saturated heterocycles. The lowest BCUT2D eigenvalue weighted by molar-refractivity contribution is -0.499. The number of benzene rings is 2. The molecule has 1 saturated carbocycles. The van der Waals surface area contributed by atoms with E-state index in [1.165, 1.54) is 6.07 Å². The number of carbonyl (C=O) groups is 1. The first-order valence-corrected chi connectivity index (χ1v) is 11.9. The van der Waals surface area contributed by atoms with Crippen LogP contribution in [0.1, 0.15) is 51.3 Å². The second-order valence-electron chi connectivity index (χ2n) is 10.1. The monoisotopic (exact) mass is 504 g/mol. The van der Waals surface area contributed by atoms with Crippen LogP contribution in [0.3, 0.4) is 0 Å². The van der Waals surface area contributed by atoms with E-state index in [0.717, 1.165) is 24.8 Å². The molecule has 10 heteroatoms. The van der Waals surface area contributed by atoms with Crippen LogP contribution in [0.15, 0.2) is 60.7 Å². The highest BCUT2D eigenvalue weighted by molar-refractivity contribution is 5.83. The number of carbonyl (C=O) groups excluding carboxylic acids is 1. The van der Waals surface area contributed by atoms with Crippen LogP contribution in [0, 0.1) is 20.2 Å². The van der Waals surface area contributed by atoms with E-state index in [1.807, 2.05) is 63.2 Å². The van der Waals surface area contributed by atoms with E-state index < -0.39 is 39.3 Å². The van der Waals surface area contributed by atoms with Crippen molar-refractivity contribution in [1.82, 2.24) is 10.3 Å². The molecule has 37 heavy (non-hydrogen) atoms. The molecule has 2 aromatic carbocycles. The van der Waals surface area contributed by atoms with Crippen molar-refractivity contribution in [1.29, 1.82) is 0 Å². The van der Waals surface area contributed by atoms with Crippen molar-refractivity contribution < 1.29 is 19.4 Å². The Morgan fingerprint density at radius 2 is 1.68 bits per heavy atom. The van der Waals surface area contributed by atoms with Gasteiger partial charge in [0.05, 0.1) is 16.2 Å². The SMILES string of the molecule is CC(C)(C)OC(=O)NC1(c2ccc(-c3nc(C[N+](=O)[O-])c([N+](=O)[O-])cc3-c3ccccc3)cc2)CCC1. The fourth-order valence-corrected chi connectivity index (χ4v) is 4.46. The first-order chi connectivity index (χ1) is 17.5. The Morgan fingerprint density at radius 3 is 2.19 bits per heavy atom. The Labute approximate surface area is 214 Å². The van der Waals surface area contributed by atoms with E-state index in [9.17, 15) is 25.0 Å². The predicted molar refractivity (Wildman–Crippen MR) is 137 cm³/mol. The van der Waals surface area contributed by atoms with Gasteiger partial charge >= 0.3 is 6.09 Å². The standard InChI is InChI=1S/C27H28N4O6/c1-26(2,3)37-25(32)29-27(14-7-15-27)20-12-10-19(11-13-20)24-21(18-8-5-4-6-9-18)16-23(31(35)36)22(28-24)17-30(33)34/h4-6,8-13,16H,7,14-15,17H2,1-3H3,(H,29,32). The zero-order valence-electron chi connectivity index (χ0n) is 20.9. The van der Waals surface area contributed by atoms with Crippen LogP contribution in [0.25, 0.3) is 22.4 Å². The fourth-order valence-electron chi connectivity index (χ4n) is 4.46.